The van der Waals surface area contributed by atoms with Crippen molar-refractivity contribution in [1.82, 2.24) is 5.32 Å². The SMILES string of the molecule is CCOc1ccc([N+](=O)[O-])cc1CNCC(O)c1ccco1. The van der Waals surface area contributed by atoms with E-state index >= 15 is 0 Å². The minimum absolute atomic E-state index is 0.00633. The first-order chi connectivity index (χ1) is 10.6. The van der Waals surface area contributed by atoms with Gasteiger partial charge in [-0.05, 0) is 25.1 Å². The third kappa shape index (κ3) is 4.06. The summed E-state index contributed by atoms with van der Waals surface area (Å²) in [5.41, 5.74) is 0.675. The number of nitro groups is 1. The van der Waals surface area contributed by atoms with E-state index in [1.165, 1.54) is 18.4 Å². The molecule has 7 heteroatoms. The molecule has 1 atom stereocenters. The maximum absolute atomic E-state index is 10.9. The average molecular weight is 306 g/mol. The highest BCUT2D eigenvalue weighted by Crippen LogP contribution is 2.24. The number of nitro benzene ring substituents is 1. The monoisotopic (exact) mass is 306 g/mol. The van der Waals surface area contributed by atoms with Crippen LogP contribution in [-0.2, 0) is 6.54 Å². The lowest BCUT2D eigenvalue weighted by Crippen LogP contribution is -2.21. The molecule has 2 aromatic rings. The van der Waals surface area contributed by atoms with Gasteiger partial charge in [-0.1, -0.05) is 0 Å². The number of hydrogen-bond acceptors (Lipinski definition) is 6. The Morgan fingerprint density at radius 1 is 1.45 bits per heavy atom. The lowest BCUT2D eigenvalue weighted by molar-refractivity contribution is -0.384. The fourth-order valence-corrected chi connectivity index (χ4v) is 2.04. The normalized spacial score (nSPS) is 12.1. The molecule has 2 rings (SSSR count). The number of benzene rings is 1. The van der Waals surface area contributed by atoms with Crippen LogP contribution in [0.4, 0.5) is 5.69 Å². The highest BCUT2D eigenvalue weighted by Gasteiger charge is 2.13. The lowest BCUT2D eigenvalue weighted by atomic mass is 10.1. The third-order valence-electron chi connectivity index (χ3n) is 3.08. The van der Waals surface area contributed by atoms with Crippen LogP contribution in [0.1, 0.15) is 24.4 Å². The highest BCUT2D eigenvalue weighted by molar-refractivity contribution is 5.43. The summed E-state index contributed by atoms with van der Waals surface area (Å²) < 4.78 is 10.6. The maximum atomic E-state index is 10.9. The minimum Gasteiger partial charge on any atom is -0.494 e. The van der Waals surface area contributed by atoms with E-state index < -0.39 is 11.0 Å². The summed E-state index contributed by atoms with van der Waals surface area (Å²) in [6.45, 7) is 2.93. The van der Waals surface area contributed by atoms with E-state index in [2.05, 4.69) is 5.32 Å². The van der Waals surface area contributed by atoms with Crippen LogP contribution < -0.4 is 10.1 Å². The fourth-order valence-electron chi connectivity index (χ4n) is 2.04. The second-order valence-electron chi connectivity index (χ2n) is 4.64. The van der Waals surface area contributed by atoms with Gasteiger partial charge < -0.3 is 19.6 Å². The van der Waals surface area contributed by atoms with Gasteiger partial charge >= 0.3 is 0 Å². The summed E-state index contributed by atoms with van der Waals surface area (Å²) in [6.07, 6.45) is 0.719. The summed E-state index contributed by atoms with van der Waals surface area (Å²) in [5.74, 6) is 1.06. The van der Waals surface area contributed by atoms with Crippen molar-refractivity contribution in [3.63, 3.8) is 0 Å². The molecule has 0 bridgehead atoms. The molecule has 1 unspecified atom stereocenters. The number of aliphatic hydroxyl groups excluding tert-OH is 1. The number of hydrogen-bond donors (Lipinski definition) is 2. The second-order valence-corrected chi connectivity index (χ2v) is 4.64. The Balaban J connectivity index is 2.00. The Labute approximate surface area is 127 Å². The number of non-ortho nitro benzene ring substituents is 1. The van der Waals surface area contributed by atoms with Gasteiger partial charge in [-0.15, -0.1) is 0 Å². The first-order valence-corrected chi connectivity index (χ1v) is 6.94. The number of rotatable bonds is 8. The van der Waals surface area contributed by atoms with Crippen LogP contribution in [0.15, 0.2) is 41.0 Å². The predicted octanol–water partition coefficient (Wildman–Crippen LogP) is 2.41. The van der Waals surface area contributed by atoms with Gasteiger partial charge in [-0.3, -0.25) is 10.1 Å². The lowest BCUT2D eigenvalue weighted by Gasteiger charge is -2.12. The molecule has 0 fully saturated rings. The zero-order valence-corrected chi connectivity index (χ0v) is 12.2. The molecule has 0 radical (unpaired) electrons. The molecule has 118 valence electrons. The van der Waals surface area contributed by atoms with E-state index in [1.807, 2.05) is 6.92 Å². The Hall–Kier alpha value is -2.38. The molecule has 1 aromatic carbocycles. The van der Waals surface area contributed by atoms with Crippen LogP contribution in [0, 0.1) is 10.1 Å². The largest absolute Gasteiger partial charge is 0.494 e. The predicted molar refractivity (Wildman–Crippen MR) is 79.6 cm³/mol. The topological polar surface area (TPSA) is 97.8 Å². The van der Waals surface area contributed by atoms with E-state index in [1.54, 1.807) is 18.2 Å². The van der Waals surface area contributed by atoms with Crippen molar-refractivity contribution in [3.05, 3.63) is 58.0 Å². The van der Waals surface area contributed by atoms with Crippen molar-refractivity contribution in [3.8, 4) is 5.75 Å². The van der Waals surface area contributed by atoms with Crippen molar-refractivity contribution in [2.75, 3.05) is 13.2 Å². The molecule has 22 heavy (non-hydrogen) atoms. The van der Waals surface area contributed by atoms with Crippen molar-refractivity contribution in [2.45, 2.75) is 19.6 Å². The first kappa shape index (κ1) is 16.0. The number of nitrogens with zero attached hydrogens (tertiary/aromatic N) is 1. The van der Waals surface area contributed by atoms with Crippen molar-refractivity contribution in [2.24, 2.45) is 0 Å². The van der Waals surface area contributed by atoms with Gasteiger partial charge in [-0.2, -0.15) is 0 Å². The van der Waals surface area contributed by atoms with E-state index in [-0.39, 0.29) is 12.2 Å². The van der Waals surface area contributed by atoms with Crippen LogP contribution >= 0.6 is 0 Å². The molecule has 1 heterocycles. The number of nitrogens with one attached hydrogen (secondary N) is 1. The molecule has 1 aromatic heterocycles. The fraction of sp³-hybridized carbons (Fsp3) is 0.333. The smallest absolute Gasteiger partial charge is 0.270 e. The quantitative estimate of drug-likeness (QED) is 0.574. The Morgan fingerprint density at radius 3 is 2.91 bits per heavy atom. The standard InChI is InChI=1S/C15H18N2O5/c1-2-21-14-6-5-12(17(19)20)8-11(14)9-16-10-13(18)15-4-3-7-22-15/h3-8,13,16,18H,2,9-10H2,1H3. The summed E-state index contributed by atoms with van der Waals surface area (Å²) in [6, 6.07) is 7.85. The van der Waals surface area contributed by atoms with Crippen LogP contribution in [0.3, 0.4) is 0 Å². The average Bonchev–Trinajstić information content (AvgIpc) is 3.03. The Kier molecular flexibility index (Phi) is 5.51. The Morgan fingerprint density at radius 2 is 2.27 bits per heavy atom. The first-order valence-electron chi connectivity index (χ1n) is 6.94. The van der Waals surface area contributed by atoms with Gasteiger partial charge in [0.2, 0.25) is 0 Å². The highest BCUT2D eigenvalue weighted by atomic mass is 16.6. The molecule has 0 aliphatic heterocycles. The van der Waals surface area contributed by atoms with E-state index in [4.69, 9.17) is 9.15 Å². The van der Waals surface area contributed by atoms with Gasteiger partial charge in [-0.25, -0.2) is 0 Å². The summed E-state index contributed by atoms with van der Waals surface area (Å²) >= 11 is 0. The molecule has 0 aliphatic rings. The van der Waals surface area contributed by atoms with Crippen LogP contribution in [-0.4, -0.2) is 23.2 Å². The Bertz CT molecular complexity index is 612. The third-order valence-corrected chi connectivity index (χ3v) is 3.08. The molecule has 7 nitrogen and oxygen atoms in total. The second kappa shape index (κ2) is 7.58. The van der Waals surface area contributed by atoms with Crippen LogP contribution in [0.25, 0.3) is 0 Å². The molecule has 0 saturated heterocycles. The van der Waals surface area contributed by atoms with Crippen molar-refractivity contribution in [1.29, 1.82) is 0 Å². The van der Waals surface area contributed by atoms with Crippen molar-refractivity contribution >= 4 is 5.69 Å². The van der Waals surface area contributed by atoms with Gasteiger partial charge in [0.15, 0.2) is 0 Å². The number of furan rings is 1. The minimum atomic E-state index is -0.774. The zero-order valence-electron chi connectivity index (χ0n) is 12.2. The van der Waals surface area contributed by atoms with Gasteiger partial charge in [0.1, 0.15) is 17.6 Å². The molecular formula is C15H18N2O5. The molecule has 2 N–H and O–H groups in total. The molecule has 0 aliphatic carbocycles. The molecule has 0 spiro atoms. The number of ether oxygens (including phenoxy) is 1. The summed E-state index contributed by atoms with van der Waals surface area (Å²) in [4.78, 5) is 10.4. The maximum Gasteiger partial charge on any atom is 0.270 e. The molecular weight excluding hydrogens is 288 g/mol. The summed E-state index contributed by atoms with van der Waals surface area (Å²) in [5, 5.41) is 23.8. The molecule has 0 saturated carbocycles. The van der Waals surface area contributed by atoms with Gasteiger partial charge in [0.05, 0.1) is 17.8 Å². The summed E-state index contributed by atoms with van der Waals surface area (Å²) in [7, 11) is 0. The van der Waals surface area contributed by atoms with Crippen LogP contribution in [0.5, 0.6) is 5.75 Å². The number of aliphatic hydroxyl groups is 1. The zero-order chi connectivity index (χ0) is 15.9. The molecule has 0 amide bonds. The van der Waals surface area contributed by atoms with E-state index in [0.717, 1.165) is 0 Å². The van der Waals surface area contributed by atoms with Gasteiger partial charge in [0, 0.05) is 30.8 Å². The van der Waals surface area contributed by atoms with E-state index in [9.17, 15) is 15.2 Å². The van der Waals surface area contributed by atoms with Crippen molar-refractivity contribution < 1.29 is 19.2 Å². The van der Waals surface area contributed by atoms with E-state index in [0.29, 0.717) is 30.2 Å². The van der Waals surface area contributed by atoms with Crippen LogP contribution in [0.2, 0.25) is 0 Å². The van der Waals surface area contributed by atoms with Gasteiger partial charge in [0.25, 0.3) is 5.69 Å².